The highest BCUT2D eigenvalue weighted by molar-refractivity contribution is 5.79. The number of hydrogen-bond acceptors (Lipinski definition) is 3. The van der Waals surface area contributed by atoms with Crippen LogP contribution in [0.3, 0.4) is 0 Å². The predicted octanol–water partition coefficient (Wildman–Crippen LogP) is 2.92. The molecule has 144 valence electrons. The first-order valence-electron chi connectivity index (χ1n) is 9.43. The molecular formula is C21H27FN4O. The fourth-order valence-corrected chi connectivity index (χ4v) is 2.97. The fourth-order valence-electron chi connectivity index (χ4n) is 2.97. The first-order chi connectivity index (χ1) is 13.3. The lowest BCUT2D eigenvalue weighted by atomic mass is 10.2. The lowest BCUT2D eigenvalue weighted by molar-refractivity contribution is 0.122. The van der Waals surface area contributed by atoms with E-state index >= 15 is 0 Å². The molecule has 1 heterocycles. The summed E-state index contributed by atoms with van der Waals surface area (Å²) in [7, 11) is 0. The SMILES string of the molecule is CCNC(=NCc1ccc(N2CCOCC2)cc1)NCc1ccccc1F. The minimum atomic E-state index is -0.209. The topological polar surface area (TPSA) is 48.9 Å². The maximum absolute atomic E-state index is 13.8. The van der Waals surface area contributed by atoms with Crippen LogP contribution in [0.4, 0.5) is 10.1 Å². The summed E-state index contributed by atoms with van der Waals surface area (Å²) in [6.07, 6.45) is 0. The molecule has 1 aliphatic heterocycles. The van der Waals surface area contributed by atoms with Crippen molar-refractivity contribution in [2.45, 2.75) is 20.0 Å². The number of aliphatic imine (C=N–C) groups is 1. The van der Waals surface area contributed by atoms with E-state index in [0.717, 1.165) is 38.4 Å². The van der Waals surface area contributed by atoms with E-state index in [1.165, 1.54) is 11.8 Å². The van der Waals surface area contributed by atoms with Gasteiger partial charge in [-0.1, -0.05) is 30.3 Å². The molecule has 27 heavy (non-hydrogen) atoms. The van der Waals surface area contributed by atoms with Gasteiger partial charge in [-0.2, -0.15) is 0 Å². The number of morpholine rings is 1. The summed E-state index contributed by atoms with van der Waals surface area (Å²) in [6.45, 7) is 7.16. The Morgan fingerprint density at radius 1 is 1.07 bits per heavy atom. The molecule has 1 fully saturated rings. The monoisotopic (exact) mass is 370 g/mol. The molecule has 1 saturated heterocycles. The number of hydrogen-bond donors (Lipinski definition) is 2. The van der Waals surface area contributed by atoms with Crippen molar-refractivity contribution in [2.24, 2.45) is 4.99 Å². The Kier molecular flexibility index (Phi) is 7.04. The van der Waals surface area contributed by atoms with Gasteiger partial charge in [0.1, 0.15) is 5.82 Å². The Labute approximate surface area is 160 Å². The van der Waals surface area contributed by atoms with E-state index in [1.807, 2.05) is 13.0 Å². The normalized spacial score (nSPS) is 14.9. The first-order valence-corrected chi connectivity index (χ1v) is 9.43. The number of benzene rings is 2. The lowest BCUT2D eigenvalue weighted by Crippen LogP contribution is -2.37. The molecule has 3 rings (SSSR count). The minimum absolute atomic E-state index is 0.209. The van der Waals surface area contributed by atoms with Gasteiger partial charge in [0, 0.05) is 37.4 Å². The number of nitrogens with zero attached hydrogens (tertiary/aromatic N) is 2. The third-order valence-electron chi connectivity index (χ3n) is 4.48. The maximum atomic E-state index is 13.8. The van der Waals surface area contributed by atoms with E-state index in [4.69, 9.17) is 4.74 Å². The van der Waals surface area contributed by atoms with E-state index < -0.39 is 0 Å². The molecule has 0 saturated carbocycles. The minimum Gasteiger partial charge on any atom is -0.378 e. The van der Waals surface area contributed by atoms with Crippen LogP contribution in [0.1, 0.15) is 18.1 Å². The molecule has 0 bridgehead atoms. The third-order valence-corrected chi connectivity index (χ3v) is 4.48. The summed E-state index contributed by atoms with van der Waals surface area (Å²) in [6, 6.07) is 15.3. The van der Waals surface area contributed by atoms with Crippen LogP contribution in [0.5, 0.6) is 0 Å². The number of ether oxygens (including phenoxy) is 1. The van der Waals surface area contributed by atoms with Crippen molar-refractivity contribution in [3.63, 3.8) is 0 Å². The molecule has 0 unspecified atom stereocenters. The summed E-state index contributed by atoms with van der Waals surface area (Å²) >= 11 is 0. The molecule has 2 N–H and O–H groups in total. The largest absolute Gasteiger partial charge is 0.378 e. The van der Waals surface area contributed by atoms with E-state index in [9.17, 15) is 4.39 Å². The molecule has 1 aliphatic rings. The fraction of sp³-hybridized carbons (Fsp3) is 0.381. The Hall–Kier alpha value is -2.60. The van der Waals surface area contributed by atoms with Gasteiger partial charge in [0.15, 0.2) is 5.96 Å². The van der Waals surface area contributed by atoms with E-state index in [0.29, 0.717) is 24.6 Å². The first kappa shape index (κ1) is 19.2. The molecule has 2 aromatic rings. The van der Waals surface area contributed by atoms with Gasteiger partial charge < -0.3 is 20.3 Å². The van der Waals surface area contributed by atoms with E-state index in [1.54, 1.807) is 12.1 Å². The Balaban J connectivity index is 1.58. The van der Waals surface area contributed by atoms with Gasteiger partial charge in [-0.15, -0.1) is 0 Å². The van der Waals surface area contributed by atoms with Crippen LogP contribution < -0.4 is 15.5 Å². The standard InChI is InChI=1S/C21H27FN4O/c1-2-23-21(25-16-18-5-3-4-6-20(18)22)24-15-17-7-9-19(10-8-17)26-11-13-27-14-12-26/h3-10H,2,11-16H2,1H3,(H2,23,24,25). The van der Waals surface area contributed by atoms with Crippen LogP contribution in [0, 0.1) is 5.82 Å². The van der Waals surface area contributed by atoms with Crippen molar-refractivity contribution < 1.29 is 9.13 Å². The lowest BCUT2D eigenvalue weighted by Gasteiger charge is -2.28. The zero-order chi connectivity index (χ0) is 18.9. The molecule has 0 aromatic heterocycles. The summed E-state index contributed by atoms with van der Waals surface area (Å²) in [5.41, 5.74) is 2.98. The van der Waals surface area contributed by atoms with Crippen molar-refractivity contribution in [1.29, 1.82) is 0 Å². The van der Waals surface area contributed by atoms with Gasteiger partial charge in [-0.3, -0.25) is 0 Å². The number of anilines is 1. The molecule has 0 aliphatic carbocycles. The van der Waals surface area contributed by atoms with Gasteiger partial charge in [-0.05, 0) is 30.7 Å². The number of nitrogens with one attached hydrogen (secondary N) is 2. The Morgan fingerprint density at radius 2 is 1.81 bits per heavy atom. The average molecular weight is 370 g/mol. The number of halogens is 1. The smallest absolute Gasteiger partial charge is 0.191 e. The van der Waals surface area contributed by atoms with Gasteiger partial charge in [-0.25, -0.2) is 9.38 Å². The van der Waals surface area contributed by atoms with Crippen molar-refractivity contribution in [3.05, 3.63) is 65.5 Å². The Bertz CT molecular complexity index is 742. The second-order valence-corrected chi connectivity index (χ2v) is 6.41. The highest BCUT2D eigenvalue weighted by atomic mass is 19.1. The Morgan fingerprint density at radius 3 is 2.52 bits per heavy atom. The van der Waals surface area contributed by atoms with Crippen molar-refractivity contribution in [2.75, 3.05) is 37.7 Å². The highest BCUT2D eigenvalue weighted by Gasteiger charge is 2.10. The average Bonchev–Trinajstić information content (AvgIpc) is 2.72. The highest BCUT2D eigenvalue weighted by Crippen LogP contribution is 2.17. The zero-order valence-electron chi connectivity index (χ0n) is 15.7. The van der Waals surface area contributed by atoms with Crippen molar-refractivity contribution in [1.82, 2.24) is 10.6 Å². The van der Waals surface area contributed by atoms with Gasteiger partial charge in [0.25, 0.3) is 0 Å². The van der Waals surface area contributed by atoms with Gasteiger partial charge in [0.2, 0.25) is 0 Å². The maximum Gasteiger partial charge on any atom is 0.191 e. The van der Waals surface area contributed by atoms with Crippen LogP contribution >= 0.6 is 0 Å². The van der Waals surface area contributed by atoms with Crippen LogP contribution in [0.25, 0.3) is 0 Å². The van der Waals surface area contributed by atoms with Crippen LogP contribution in [-0.4, -0.2) is 38.8 Å². The predicted molar refractivity (Wildman–Crippen MR) is 108 cm³/mol. The quantitative estimate of drug-likeness (QED) is 0.606. The second kappa shape index (κ2) is 9.92. The second-order valence-electron chi connectivity index (χ2n) is 6.41. The van der Waals surface area contributed by atoms with Crippen LogP contribution in [0.15, 0.2) is 53.5 Å². The molecule has 0 atom stereocenters. The van der Waals surface area contributed by atoms with Crippen LogP contribution in [-0.2, 0) is 17.8 Å². The molecule has 5 nitrogen and oxygen atoms in total. The number of rotatable bonds is 6. The molecule has 0 amide bonds. The molecule has 0 radical (unpaired) electrons. The molecule has 0 spiro atoms. The van der Waals surface area contributed by atoms with Crippen LogP contribution in [0.2, 0.25) is 0 Å². The number of guanidine groups is 1. The molecule has 2 aromatic carbocycles. The van der Waals surface area contributed by atoms with E-state index in [2.05, 4.69) is 44.8 Å². The van der Waals surface area contributed by atoms with Crippen molar-refractivity contribution >= 4 is 11.6 Å². The van der Waals surface area contributed by atoms with Gasteiger partial charge >= 0.3 is 0 Å². The summed E-state index contributed by atoms with van der Waals surface area (Å²) in [5, 5.41) is 6.39. The zero-order valence-corrected chi connectivity index (χ0v) is 15.7. The van der Waals surface area contributed by atoms with Crippen molar-refractivity contribution in [3.8, 4) is 0 Å². The molecule has 6 heteroatoms. The summed E-state index contributed by atoms with van der Waals surface area (Å²) < 4.78 is 19.2. The summed E-state index contributed by atoms with van der Waals surface area (Å²) in [5.74, 6) is 0.470. The van der Waals surface area contributed by atoms with Gasteiger partial charge in [0.05, 0.1) is 19.8 Å². The summed E-state index contributed by atoms with van der Waals surface area (Å²) in [4.78, 5) is 6.94. The third kappa shape index (κ3) is 5.69. The van der Waals surface area contributed by atoms with E-state index in [-0.39, 0.29) is 5.82 Å². The molecular weight excluding hydrogens is 343 g/mol.